The summed E-state index contributed by atoms with van der Waals surface area (Å²) < 4.78 is 5.74. The van der Waals surface area contributed by atoms with Gasteiger partial charge < -0.3 is 4.74 Å². The van der Waals surface area contributed by atoms with E-state index in [0.717, 1.165) is 19.1 Å². The second-order valence-corrected chi connectivity index (χ2v) is 4.42. The van der Waals surface area contributed by atoms with Crippen LogP contribution in [0.4, 0.5) is 0 Å². The second-order valence-electron chi connectivity index (χ2n) is 4.42. The van der Waals surface area contributed by atoms with Crippen LogP contribution in [-0.4, -0.2) is 19.0 Å². The zero-order chi connectivity index (χ0) is 11.1. The monoisotopic (exact) mass is 210 g/mol. The van der Waals surface area contributed by atoms with Gasteiger partial charge >= 0.3 is 0 Å². The van der Waals surface area contributed by atoms with Gasteiger partial charge in [0.25, 0.3) is 0 Å². The molecule has 86 valence electrons. The predicted octanol–water partition coefficient (Wildman–Crippen LogP) is 3.12. The minimum atomic E-state index is 0.268. The first kappa shape index (κ1) is 12.4. The van der Waals surface area contributed by atoms with Crippen LogP contribution >= 0.6 is 0 Å². The van der Waals surface area contributed by atoms with E-state index in [2.05, 4.69) is 13.5 Å². The molecule has 0 saturated carbocycles. The molecule has 0 radical (unpaired) electrons. The molecule has 0 amide bonds. The summed E-state index contributed by atoms with van der Waals surface area (Å²) in [6.07, 6.45) is 8.43. The van der Waals surface area contributed by atoms with Crippen LogP contribution in [0.5, 0.6) is 0 Å². The maximum atomic E-state index is 10.5. The molecule has 1 fully saturated rings. The highest BCUT2D eigenvalue weighted by Crippen LogP contribution is 2.25. The molecular weight excluding hydrogens is 188 g/mol. The van der Waals surface area contributed by atoms with Gasteiger partial charge in [0.1, 0.15) is 6.29 Å². The van der Waals surface area contributed by atoms with Crippen LogP contribution in [0.3, 0.4) is 0 Å². The van der Waals surface area contributed by atoms with Gasteiger partial charge in [-0.15, -0.1) is 0 Å². The van der Waals surface area contributed by atoms with Crippen molar-refractivity contribution < 1.29 is 9.53 Å². The number of carbonyl (C=O) groups excluding carboxylic acids is 1. The van der Waals surface area contributed by atoms with Crippen LogP contribution in [0.1, 0.15) is 45.4 Å². The number of ether oxygens (including phenoxy) is 1. The van der Waals surface area contributed by atoms with Gasteiger partial charge in [0, 0.05) is 5.92 Å². The van der Waals surface area contributed by atoms with Crippen LogP contribution < -0.4 is 0 Å². The molecule has 2 atom stereocenters. The molecule has 2 heteroatoms. The molecule has 0 bridgehead atoms. The lowest BCUT2D eigenvalue weighted by atomic mass is 9.91. The lowest BCUT2D eigenvalue weighted by molar-refractivity contribution is -0.106. The molecule has 0 spiro atoms. The third kappa shape index (κ3) is 4.17. The van der Waals surface area contributed by atoms with Crippen molar-refractivity contribution in [3.8, 4) is 0 Å². The summed E-state index contributed by atoms with van der Waals surface area (Å²) in [5.41, 5.74) is 0.696. The van der Waals surface area contributed by atoms with Crippen molar-refractivity contribution in [1.29, 1.82) is 0 Å². The largest absolute Gasteiger partial charge is 0.378 e. The number of rotatable bonds is 6. The SMILES string of the molecule is C=C(C=O)C1CCC(CCCCC)OC1. The Labute approximate surface area is 92.7 Å². The maximum absolute atomic E-state index is 10.5. The zero-order valence-corrected chi connectivity index (χ0v) is 9.71. The minimum absolute atomic E-state index is 0.268. The van der Waals surface area contributed by atoms with E-state index in [1.165, 1.54) is 25.7 Å². The Morgan fingerprint density at radius 1 is 1.47 bits per heavy atom. The smallest absolute Gasteiger partial charge is 0.145 e. The van der Waals surface area contributed by atoms with Crippen molar-refractivity contribution in [1.82, 2.24) is 0 Å². The maximum Gasteiger partial charge on any atom is 0.145 e. The Balaban J connectivity index is 2.18. The Hall–Kier alpha value is -0.630. The summed E-state index contributed by atoms with van der Waals surface area (Å²) in [4.78, 5) is 10.5. The third-order valence-electron chi connectivity index (χ3n) is 3.18. The van der Waals surface area contributed by atoms with E-state index >= 15 is 0 Å². The number of carbonyl (C=O) groups is 1. The Morgan fingerprint density at radius 2 is 2.27 bits per heavy atom. The van der Waals surface area contributed by atoms with Gasteiger partial charge in [0.15, 0.2) is 0 Å². The van der Waals surface area contributed by atoms with E-state index in [4.69, 9.17) is 4.74 Å². The van der Waals surface area contributed by atoms with Gasteiger partial charge in [-0.05, 0) is 24.8 Å². The average Bonchev–Trinajstić information content (AvgIpc) is 2.29. The van der Waals surface area contributed by atoms with Crippen molar-refractivity contribution in [2.45, 2.75) is 51.6 Å². The highest BCUT2D eigenvalue weighted by Gasteiger charge is 2.22. The van der Waals surface area contributed by atoms with E-state index in [1.54, 1.807) is 0 Å². The molecule has 0 aromatic heterocycles. The highest BCUT2D eigenvalue weighted by atomic mass is 16.5. The van der Waals surface area contributed by atoms with Gasteiger partial charge in [-0.25, -0.2) is 0 Å². The zero-order valence-electron chi connectivity index (χ0n) is 9.71. The Bertz CT molecular complexity index is 203. The standard InChI is InChI=1S/C13H22O2/c1-3-4-5-6-13-8-7-12(10-15-13)11(2)9-14/h9,12-13H,2-8,10H2,1H3. The van der Waals surface area contributed by atoms with Crippen LogP contribution in [0.2, 0.25) is 0 Å². The molecule has 2 unspecified atom stereocenters. The van der Waals surface area contributed by atoms with Gasteiger partial charge in [0.2, 0.25) is 0 Å². The average molecular weight is 210 g/mol. The molecule has 0 aliphatic carbocycles. The first-order valence-electron chi connectivity index (χ1n) is 6.03. The van der Waals surface area contributed by atoms with Gasteiger partial charge in [-0.2, -0.15) is 0 Å². The van der Waals surface area contributed by atoms with E-state index in [-0.39, 0.29) is 5.92 Å². The fraction of sp³-hybridized carbons (Fsp3) is 0.769. The number of hydrogen-bond donors (Lipinski definition) is 0. The van der Waals surface area contributed by atoms with Crippen LogP contribution in [0, 0.1) is 5.92 Å². The second kappa shape index (κ2) is 6.78. The van der Waals surface area contributed by atoms with E-state index < -0.39 is 0 Å². The van der Waals surface area contributed by atoms with Gasteiger partial charge in [0.05, 0.1) is 12.7 Å². The summed E-state index contributed by atoms with van der Waals surface area (Å²) in [6.45, 7) is 6.65. The van der Waals surface area contributed by atoms with Crippen LogP contribution in [0.25, 0.3) is 0 Å². The predicted molar refractivity (Wildman–Crippen MR) is 61.8 cm³/mol. The quantitative estimate of drug-likeness (QED) is 0.382. The molecule has 2 nitrogen and oxygen atoms in total. The Morgan fingerprint density at radius 3 is 2.80 bits per heavy atom. The molecule has 0 aromatic carbocycles. The fourth-order valence-corrected chi connectivity index (χ4v) is 2.04. The molecule has 0 N–H and O–H groups in total. The lowest BCUT2D eigenvalue weighted by Gasteiger charge is -2.28. The van der Waals surface area contributed by atoms with E-state index in [0.29, 0.717) is 18.3 Å². The summed E-state index contributed by atoms with van der Waals surface area (Å²) >= 11 is 0. The molecule has 1 heterocycles. The molecule has 1 aliphatic rings. The topological polar surface area (TPSA) is 26.3 Å². The molecule has 15 heavy (non-hydrogen) atoms. The lowest BCUT2D eigenvalue weighted by Crippen LogP contribution is -2.27. The van der Waals surface area contributed by atoms with Gasteiger partial charge in [-0.1, -0.05) is 32.8 Å². The molecule has 1 aliphatic heterocycles. The van der Waals surface area contributed by atoms with Crippen LogP contribution in [-0.2, 0) is 9.53 Å². The van der Waals surface area contributed by atoms with E-state index in [9.17, 15) is 4.79 Å². The fourth-order valence-electron chi connectivity index (χ4n) is 2.04. The molecule has 1 saturated heterocycles. The third-order valence-corrected chi connectivity index (χ3v) is 3.18. The van der Waals surface area contributed by atoms with Crippen molar-refractivity contribution in [2.75, 3.05) is 6.61 Å². The first-order chi connectivity index (χ1) is 7.27. The number of unbranched alkanes of at least 4 members (excludes halogenated alkanes) is 2. The summed E-state index contributed by atoms with van der Waals surface area (Å²) in [6, 6.07) is 0. The van der Waals surface area contributed by atoms with Crippen LogP contribution in [0.15, 0.2) is 12.2 Å². The van der Waals surface area contributed by atoms with Crippen molar-refractivity contribution in [3.63, 3.8) is 0 Å². The summed E-state index contributed by atoms with van der Waals surface area (Å²) in [7, 11) is 0. The van der Waals surface area contributed by atoms with Gasteiger partial charge in [-0.3, -0.25) is 4.79 Å². The summed E-state index contributed by atoms with van der Waals surface area (Å²) in [5.74, 6) is 0.268. The van der Waals surface area contributed by atoms with Crippen molar-refractivity contribution in [2.24, 2.45) is 5.92 Å². The molecule has 1 rings (SSSR count). The number of aldehydes is 1. The van der Waals surface area contributed by atoms with Crippen molar-refractivity contribution in [3.05, 3.63) is 12.2 Å². The van der Waals surface area contributed by atoms with Crippen molar-refractivity contribution >= 4 is 6.29 Å². The number of hydrogen-bond acceptors (Lipinski definition) is 2. The molecular formula is C13H22O2. The minimum Gasteiger partial charge on any atom is -0.378 e. The normalized spacial score (nSPS) is 26.2. The molecule has 0 aromatic rings. The Kier molecular flexibility index (Phi) is 5.62. The highest BCUT2D eigenvalue weighted by molar-refractivity contribution is 5.72. The summed E-state index contributed by atoms with van der Waals surface area (Å²) in [5, 5.41) is 0. The first-order valence-corrected chi connectivity index (χ1v) is 6.03. The van der Waals surface area contributed by atoms with E-state index in [1.807, 2.05) is 0 Å².